The van der Waals surface area contributed by atoms with E-state index in [0.29, 0.717) is 6.73 Å². The number of alkyl halides is 2. The number of ether oxygens (including phenoxy) is 1. The Morgan fingerprint density at radius 2 is 1.94 bits per heavy atom. The van der Waals surface area contributed by atoms with Gasteiger partial charge in [-0.15, -0.1) is 12.4 Å². The van der Waals surface area contributed by atoms with Crippen molar-refractivity contribution in [2.24, 2.45) is 0 Å². The standard InChI is InChI=1S/C10H10Cl2N2O.ClH/c11-10(12)13-6-7-14(10)8-15-9-4-2-1-3-5-9;/h1-7,13H,8H2;1H. The topological polar surface area (TPSA) is 24.5 Å². The molecule has 3 nitrogen and oxygen atoms in total. The first kappa shape index (κ1) is 13.3. The molecule has 1 aromatic rings. The number of hydrogen-bond donors (Lipinski definition) is 1. The fourth-order valence-electron chi connectivity index (χ4n) is 1.19. The second-order valence-electron chi connectivity index (χ2n) is 3.06. The van der Waals surface area contributed by atoms with Crippen LogP contribution in [-0.2, 0) is 0 Å². The monoisotopic (exact) mass is 280 g/mol. The van der Waals surface area contributed by atoms with Crippen LogP contribution in [0.25, 0.3) is 0 Å². The maximum Gasteiger partial charge on any atom is 0.270 e. The minimum absolute atomic E-state index is 0. The number of para-hydroxylation sites is 1. The van der Waals surface area contributed by atoms with Crippen molar-refractivity contribution >= 4 is 35.6 Å². The molecule has 1 aromatic carbocycles. The zero-order chi connectivity index (χ0) is 10.7. The van der Waals surface area contributed by atoms with Crippen LogP contribution in [0.15, 0.2) is 42.7 Å². The predicted molar refractivity (Wildman–Crippen MR) is 67.7 cm³/mol. The van der Waals surface area contributed by atoms with Crippen LogP contribution in [0.2, 0.25) is 0 Å². The van der Waals surface area contributed by atoms with E-state index in [0.717, 1.165) is 5.75 Å². The van der Waals surface area contributed by atoms with Gasteiger partial charge in [0.15, 0.2) is 6.73 Å². The van der Waals surface area contributed by atoms with Gasteiger partial charge in [-0.3, -0.25) is 4.90 Å². The van der Waals surface area contributed by atoms with E-state index < -0.39 is 4.58 Å². The summed E-state index contributed by atoms with van der Waals surface area (Å²) in [4.78, 5) is 1.64. The van der Waals surface area contributed by atoms with Crippen molar-refractivity contribution in [3.63, 3.8) is 0 Å². The van der Waals surface area contributed by atoms with Crippen molar-refractivity contribution in [1.82, 2.24) is 10.2 Å². The summed E-state index contributed by atoms with van der Waals surface area (Å²) >= 11 is 11.9. The normalized spacial score (nSPS) is 16.5. The summed E-state index contributed by atoms with van der Waals surface area (Å²) in [6, 6.07) is 9.48. The average molecular weight is 282 g/mol. The Labute approximate surface area is 110 Å². The Bertz CT molecular complexity index is 356. The Morgan fingerprint density at radius 3 is 2.50 bits per heavy atom. The van der Waals surface area contributed by atoms with E-state index in [4.69, 9.17) is 27.9 Å². The van der Waals surface area contributed by atoms with E-state index in [1.807, 2.05) is 30.3 Å². The van der Waals surface area contributed by atoms with Gasteiger partial charge in [-0.1, -0.05) is 41.4 Å². The van der Waals surface area contributed by atoms with E-state index in [1.54, 1.807) is 17.3 Å². The number of nitrogens with zero attached hydrogens (tertiary/aromatic N) is 1. The van der Waals surface area contributed by atoms with Gasteiger partial charge in [0.25, 0.3) is 4.58 Å². The zero-order valence-corrected chi connectivity index (χ0v) is 10.6. The molecule has 0 saturated heterocycles. The van der Waals surface area contributed by atoms with Crippen molar-refractivity contribution in [2.45, 2.75) is 4.58 Å². The Kier molecular flexibility index (Phi) is 4.59. The molecule has 0 fully saturated rings. The van der Waals surface area contributed by atoms with Crippen LogP contribution in [0.4, 0.5) is 0 Å². The number of nitrogens with one attached hydrogen (secondary N) is 1. The molecule has 1 heterocycles. The van der Waals surface area contributed by atoms with Crippen molar-refractivity contribution < 1.29 is 4.74 Å². The highest BCUT2D eigenvalue weighted by Crippen LogP contribution is 2.27. The van der Waals surface area contributed by atoms with Crippen molar-refractivity contribution in [1.29, 1.82) is 0 Å². The molecule has 0 saturated carbocycles. The van der Waals surface area contributed by atoms with Crippen LogP contribution < -0.4 is 10.1 Å². The van der Waals surface area contributed by atoms with Gasteiger partial charge in [0.2, 0.25) is 0 Å². The van der Waals surface area contributed by atoms with Crippen LogP contribution >= 0.6 is 35.6 Å². The Hall–Kier alpha value is -0.770. The molecule has 2 rings (SSSR count). The number of hydrogen-bond acceptors (Lipinski definition) is 3. The first-order valence-corrected chi connectivity index (χ1v) is 5.21. The van der Waals surface area contributed by atoms with Gasteiger partial charge >= 0.3 is 0 Å². The van der Waals surface area contributed by atoms with Gasteiger partial charge in [0.05, 0.1) is 0 Å². The molecule has 1 aliphatic rings. The lowest BCUT2D eigenvalue weighted by Gasteiger charge is -2.27. The third kappa shape index (κ3) is 3.11. The van der Waals surface area contributed by atoms with Crippen molar-refractivity contribution in [3.05, 3.63) is 42.7 Å². The molecule has 1 N–H and O–H groups in total. The fraction of sp³-hybridized carbons (Fsp3) is 0.200. The molecule has 0 unspecified atom stereocenters. The maximum atomic E-state index is 5.94. The summed E-state index contributed by atoms with van der Waals surface area (Å²) in [5.41, 5.74) is 0. The van der Waals surface area contributed by atoms with Gasteiger partial charge in [-0.2, -0.15) is 0 Å². The van der Waals surface area contributed by atoms with Crippen LogP contribution in [0, 0.1) is 0 Å². The maximum absolute atomic E-state index is 5.94. The van der Waals surface area contributed by atoms with E-state index in [9.17, 15) is 0 Å². The fourth-order valence-corrected chi connectivity index (χ4v) is 1.53. The van der Waals surface area contributed by atoms with Crippen LogP contribution in [0.5, 0.6) is 5.75 Å². The first-order valence-electron chi connectivity index (χ1n) is 4.45. The lowest BCUT2D eigenvalue weighted by atomic mass is 10.3. The molecule has 1 aliphatic heterocycles. The highest BCUT2D eigenvalue weighted by atomic mass is 35.5. The van der Waals surface area contributed by atoms with Crippen LogP contribution in [-0.4, -0.2) is 16.2 Å². The summed E-state index contributed by atoms with van der Waals surface area (Å²) < 4.78 is 4.38. The molecule has 0 spiro atoms. The lowest BCUT2D eigenvalue weighted by Crippen LogP contribution is -2.42. The summed E-state index contributed by atoms with van der Waals surface area (Å²) in [6.45, 7) is 0.292. The summed E-state index contributed by atoms with van der Waals surface area (Å²) in [5, 5.41) is 2.78. The second kappa shape index (κ2) is 5.53. The summed E-state index contributed by atoms with van der Waals surface area (Å²) in [6.07, 6.45) is 3.41. The molecular weight excluding hydrogens is 270 g/mol. The Morgan fingerprint density at radius 1 is 1.25 bits per heavy atom. The minimum Gasteiger partial charge on any atom is -0.473 e. The van der Waals surface area contributed by atoms with Gasteiger partial charge in [-0.05, 0) is 12.1 Å². The number of rotatable bonds is 3. The summed E-state index contributed by atoms with van der Waals surface area (Å²) in [7, 11) is 0. The van der Waals surface area contributed by atoms with Crippen LogP contribution in [0.1, 0.15) is 0 Å². The average Bonchev–Trinajstić information content (AvgIpc) is 2.56. The smallest absolute Gasteiger partial charge is 0.270 e. The molecule has 0 aliphatic carbocycles. The van der Waals surface area contributed by atoms with Gasteiger partial charge in [0, 0.05) is 12.4 Å². The number of halogens is 3. The minimum atomic E-state index is -1.12. The number of benzene rings is 1. The van der Waals surface area contributed by atoms with Gasteiger partial charge < -0.3 is 10.1 Å². The molecule has 0 atom stereocenters. The predicted octanol–water partition coefficient (Wildman–Crippen LogP) is 2.91. The molecule has 0 bridgehead atoms. The second-order valence-corrected chi connectivity index (χ2v) is 4.35. The van der Waals surface area contributed by atoms with Crippen molar-refractivity contribution in [2.75, 3.05) is 6.73 Å². The Balaban J connectivity index is 0.00000128. The van der Waals surface area contributed by atoms with Gasteiger partial charge in [-0.25, -0.2) is 0 Å². The lowest BCUT2D eigenvalue weighted by molar-refractivity contribution is 0.150. The zero-order valence-electron chi connectivity index (χ0n) is 8.27. The van der Waals surface area contributed by atoms with E-state index in [-0.39, 0.29) is 12.4 Å². The highest BCUT2D eigenvalue weighted by molar-refractivity contribution is 6.47. The van der Waals surface area contributed by atoms with E-state index in [1.165, 1.54) is 0 Å². The van der Waals surface area contributed by atoms with E-state index >= 15 is 0 Å². The molecule has 6 heteroatoms. The molecule has 0 radical (unpaired) electrons. The largest absolute Gasteiger partial charge is 0.473 e. The quantitative estimate of drug-likeness (QED) is 0.681. The third-order valence-corrected chi connectivity index (χ3v) is 2.64. The SMILES string of the molecule is Cl.ClC1(Cl)NC=CN1COc1ccccc1. The molecule has 0 amide bonds. The van der Waals surface area contributed by atoms with Gasteiger partial charge in [0.1, 0.15) is 5.75 Å². The third-order valence-electron chi connectivity index (χ3n) is 1.99. The van der Waals surface area contributed by atoms with Crippen LogP contribution in [0.3, 0.4) is 0 Å². The van der Waals surface area contributed by atoms with Crippen molar-refractivity contribution in [3.8, 4) is 5.75 Å². The molecule has 0 aromatic heterocycles. The summed E-state index contributed by atoms with van der Waals surface area (Å²) in [5.74, 6) is 0.780. The molecule has 88 valence electrons. The van der Waals surface area contributed by atoms with E-state index in [2.05, 4.69) is 5.32 Å². The first-order chi connectivity index (χ1) is 7.18. The molecule has 16 heavy (non-hydrogen) atoms. The molecular formula is C10H11Cl3N2O. The highest BCUT2D eigenvalue weighted by Gasteiger charge is 2.32.